The van der Waals surface area contributed by atoms with E-state index in [1.807, 2.05) is 0 Å². The molecule has 15 heavy (non-hydrogen) atoms. The van der Waals surface area contributed by atoms with Gasteiger partial charge in [-0.05, 0) is 12.1 Å². The van der Waals surface area contributed by atoms with Gasteiger partial charge in [0.25, 0.3) is 0 Å². The molecule has 6 heteroatoms. The highest BCUT2D eigenvalue weighted by atomic mass is 35.5. The van der Waals surface area contributed by atoms with Crippen molar-refractivity contribution in [3.63, 3.8) is 0 Å². The van der Waals surface area contributed by atoms with E-state index in [0.717, 1.165) is 6.41 Å². The van der Waals surface area contributed by atoms with Gasteiger partial charge in [-0.25, -0.2) is 4.39 Å². The minimum Gasteiger partial charge on any atom is -0.351 e. The largest absolute Gasteiger partial charge is 0.351 e. The van der Waals surface area contributed by atoms with E-state index >= 15 is 0 Å². The molecule has 0 aliphatic carbocycles. The third kappa shape index (κ3) is 10.7. The molecule has 0 bridgehead atoms. The SMILES string of the molecule is CN(C)C=O.F.F.Fc1ccccc1Cl. The summed E-state index contributed by atoms with van der Waals surface area (Å²) in [4.78, 5) is 10.9. The van der Waals surface area contributed by atoms with Crippen molar-refractivity contribution in [3.8, 4) is 0 Å². The summed E-state index contributed by atoms with van der Waals surface area (Å²) in [6, 6.07) is 6.12. The number of hydrogen-bond acceptors (Lipinski definition) is 1. The average molecular weight is 244 g/mol. The molecule has 0 aliphatic heterocycles. The van der Waals surface area contributed by atoms with E-state index in [4.69, 9.17) is 11.6 Å². The van der Waals surface area contributed by atoms with Crippen LogP contribution in [0, 0.1) is 5.82 Å². The molecule has 0 saturated heterocycles. The lowest BCUT2D eigenvalue weighted by molar-refractivity contribution is -0.115. The number of benzene rings is 1. The Morgan fingerprint density at radius 1 is 1.27 bits per heavy atom. The maximum Gasteiger partial charge on any atom is 0.209 e. The number of carbonyl (C=O) groups is 1. The van der Waals surface area contributed by atoms with Crippen LogP contribution in [0.4, 0.5) is 13.8 Å². The second kappa shape index (κ2) is 10.8. The van der Waals surface area contributed by atoms with Gasteiger partial charge in [0.2, 0.25) is 6.41 Å². The van der Waals surface area contributed by atoms with E-state index < -0.39 is 0 Å². The highest BCUT2D eigenvalue weighted by Crippen LogP contribution is 2.11. The molecular formula is C9H13ClF3NO. The summed E-state index contributed by atoms with van der Waals surface area (Å²) >= 11 is 5.33. The number of halogens is 4. The summed E-state index contributed by atoms with van der Waals surface area (Å²) in [5, 5.41) is 0.174. The molecule has 0 radical (unpaired) electrons. The summed E-state index contributed by atoms with van der Waals surface area (Å²) in [7, 11) is 3.38. The zero-order valence-corrected chi connectivity index (χ0v) is 9.07. The molecule has 0 N–H and O–H groups in total. The highest BCUT2D eigenvalue weighted by Gasteiger charge is 1.91. The van der Waals surface area contributed by atoms with Crippen LogP contribution in [0.15, 0.2) is 24.3 Å². The standard InChI is InChI=1S/C6H4ClF.C3H7NO.2FH/c7-5-3-1-2-4-6(5)8;1-4(2)3-5;;/h1-4H;3H,1-2H3;2*1H. The van der Waals surface area contributed by atoms with Crippen LogP contribution in [0.1, 0.15) is 0 Å². The predicted molar refractivity (Wildman–Crippen MR) is 56.2 cm³/mol. The van der Waals surface area contributed by atoms with E-state index in [1.54, 1.807) is 26.2 Å². The molecule has 0 saturated carbocycles. The maximum absolute atomic E-state index is 12.2. The van der Waals surface area contributed by atoms with Crippen molar-refractivity contribution in [2.45, 2.75) is 0 Å². The number of hydrogen-bond donors (Lipinski definition) is 0. The quantitative estimate of drug-likeness (QED) is 0.694. The van der Waals surface area contributed by atoms with Crippen LogP contribution in [0.2, 0.25) is 5.02 Å². The van der Waals surface area contributed by atoms with Crippen molar-refractivity contribution in [3.05, 3.63) is 35.1 Å². The van der Waals surface area contributed by atoms with Gasteiger partial charge in [-0.2, -0.15) is 0 Å². The van der Waals surface area contributed by atoms with E-state index in [2.05, 4.69) is 0 Å². The van der Waals surface area contributed by atoms with Crippen LogP contribution in [0.25, 0.3) is 0 Å². The fourth-order valence-electron chi connectivity index (χ4n) is 0.439. The molecule has 1 aromatic carbocycles. The normalized spacial score (nSPS) is 7.20. The minimum atomic E-state index is -0.367. The first-order chi connectivity index (χ1) is 6.07. The summed E-state index contributed by atoms with van der Waals surface area (Å²) in [6.45, 7) is 0. The van der Waals surface area contributed by atoms with Crippen LogP contribution in [-0.4, -0.2) is 25.4 Å². The molecule has 0 unspecified atom stereocenters. The molecule has 1 aromatic rings. The molecule has 1 rings (SSSR count). The number of carbonyl (C=O) groups excluding carboxylic acids is 1. The Morgan fingerprint density at radius 3 is 1.87 bits per heavy atom. The summed E-state index contributed by atoms with van der Waals surface area (Å²) in [5.41, 5.74) is 0. The summed E-state index contributed by atoms with van der Waals surface area (Å²) in [6.07, 6.45) is 0.750. The summed E-state index contributed by atoms with van der Waals surface area (Å²) < 4.78 is 12.2. The Labute approximate surface area is 91.4 Å². The fourth-order valence-corrected chi connectivity index (χ4v) is 0.575. The van der Waals surface area contributed by atoms with Crippen molar-refractivity contribution in [1.82, 2.24) is 4.90 Å². The molecule has 0 heterocycles. The van der Waals surface area contributed by atoms with E-state index in [1.165, 1.54) is 17.0 Å². The maximum atomic E-state index is 12.2. The first-order valence-electron chi connectivity index (χ1n) is 3.59. The van der Waals surface area contributed by atoms with Crippen molar-refractivity contribution in [2.75, 3.05) is 14.1 Å². The minimum absolute atomic E-state index is 0. The third-order valence-corrected chi connectivity index (χ3v) is 1.34. The van der Waals surface area contributed by atoms with Crippen molar-refractivity contribution >= 4 is 18.0 Å². The van der Waals surface area contributed by atoms with Crippen molar-refractivity contribution in [2.24, 2.45) is 0 Å². The lowest BCUT2D eigenvalue weighted by Crippen LogP contribution is -2.06. The Bertz CT molecular complexity index is 250. The number of amides is 1. The third-order valence-electron chi connectivity index (χ3n) is 1.04. The van der Waals surface area contributed by atoms with Gasteiger partial charge < -0.3 is 4.90 Å². The zero-order valence-electron chi connectivity index (χ0n) is 8.31. The average Bonchev–Trinajstić information content (AvgIpc) is 2.11. The van der Waals surface area contributed by atoms with Crippen LogP contribution in [0.3, 0.4) is 0 Å². The topological polar surface area (TPSA) is 20.3 Å². The molecule has 0 atom stereocenters. The molecule has 0 fully saturated rings. The number of nitrogens with zero attached hydrogens (tertiary/aromatic N) is 1. The van der Waals surface area contributed by atoms with Crippen LogP contribution < -0.4 is 0 Å². The monoisotopic (exact) mass is 243 g/mol. The van der Waals surface area contributed by atoms with Crippen LogP contribution in [0.5, 0.6) is 0 Å². The molecule has 88 valence electrons. The summed E-state index contributed by atoms with van der Waals surface area (Å²) in [5.74, 6) is -0.367. The van der Waals surface area contributed by atoms with Crippen molar-refractivity contribution in [1.29, 1.82) is 0 Å². The van der Waals surface area contributed by atoms with Gasteiger partial charge in [-0.1, -0.05) is 23.7 Å². The van der Waals surface area contributed by atoms with E-state index in [0.29, 0.717) is 0 Å². The number of rotatable bonds is 1. The van der Waals surface area contributed by atoms with E-state index in [-0.39, 0.29) is 20.2 Å². The van der Waals surface area contributed by atoms with Gasteiger partial charge in [0.05, 0.1) is 5.02 Å². The molecule has 2 nitrogen and oxygen atoms in total. The first kappa shape index (κ1) is 19.4. The molecule has 0 spiro atoms. The van der Waals surface area contributed by atoms with Gasteiger partial charge in [0, 0.05) is 14.1 Å². The van der Waals surface area contributed by atoms with Gasteiger partial charge in [0.1, 0.15) is 5.82 Å². The second-order valence-electron chi connectivity index (χ2n) is 2.48. The van der Waals surface area contributed by atoms with Crippen LogP contribution in [-0.2, 0) is 4.79 Å². The Kier molecular flexibility index (Phi) is 14.0. The highest BCUT2D eigenvalue weighted by molar-refractivity contribution is 6.30. The molecule has 0 aliphatic rings. The molecular weight excluding hydrogens is 231 g/mol. The molecule has 1 amide bonds. The van der Waals surface area contributed by atoms with Gasteiger partial charge in [-0.3, -0.25) is 14.2 Å². The predicted octanol–water partition coefficient (Wildman–Crippen LogP) is 2.49. The smallest absolute Gasteiger partial charge is 0.209 e. The van der Waals surface area contributed by atoms with Gasteiger partial charge in [-0.15, -0.1) is 0 Å². The Balaban J connectivity index is -0.000000185. The second-order valence-corrected chi connectivity index (χ2v) is 2.89. The van der Waals surface area contributed by atoms with Gasteiger partial charge >= 0.3 is 0 Å². The lowest BCUT2D eigenvalue weighted by atomic mass is 10.4. The van der Waals surface area contributed by atoms with E-state index in [9.17, 15) is 9.18 Å². The first-order valence-corrected chi connectivity index (χ1v) is 3.97. The fraction of sp³-hybridized carbons (Fsp3) is 0.222. The van der Waals surface area contributed by atoms with Crippen molar-refractivity contribution < 1.29 is 18.6 Å². The Hall–Kier alpha value is -1.23. The zero-order chi connectivity index (χ0) is 10.3. The Morgan fingerprint density at radius 2 is 1.67 bits per heavy atom. The lowest BCUT2D eigenvalue weighted by Gasteiger charge is -1.93. The molecule has 0 aromatic heterocycles. The van der Waals surface area contributed by atoms with Gasteiger partial charge in [0.15, 0.2) is 0 Å². The van der Waals surface area contributed by atoms with Crippen LogP contribution >= 0.6 is 11.6 Å².